The number of nitrogens with one attached hydrogen (secondary N) is 1. The Morgan fingerprint density at radius 1 is 1.40 bits per heavy atom. The molecule has 0 saturated heterocycles. The largest absolute Gasteiger partial charge is 0.497 e. The van der Waals surface area contributed by atoms with E-state index in [0.717, 1.165) is 43.5 Å². The molecule has 110 valence electrons. The number of anilines is 1. The smallest absolute Gasteiger partial charge is 0.243 e. The fraction of sp³-hybridized carbons (Fsp3) is 0.562. The maximum Gasteiger partial charge on any atom is 0.243 e. The standard InChI is InChI=1S/C16H24N2O2/c1-12-5-4-9-16(10-8-12,15(17)19)18-13-6-3-7-14(11-13)20-2/h3,6-7,11-12,18H,4-5,8-10H2,1-2H3,(H2,17,19). The number of nitrogens with two attached hydrogens (primary N) is 1. The average molecular weight is 276 g/mol. The van der Waals surface area contributed by atoms with Gasteiger partial charge in [0.05, 0.1) is 7.11 Å². The van der Waals surface area contributed by atoms with Crippen LogP contribution in [0.2, 0.25) is 0 Å². The minimum atomic E-state index is -0.628. The van der Waals surface area contributed by atoms with Crippen LogP contribution >= 0.6 is 0 Å². The van der Waals surface area contributed by atoms with E-state index in [0.29, 0.717) is 5.92 Å². The van der Waals surface area contributed by atoms with Gasteiger partial charge in [-0.05, 0) is 37.3 Å². The lowest BCUT2D eigenvalue weighted by molar-refractivity contribution is -0.122. The molecule has 1 aromatic carbocycles. The molecule has 1 amide bonds. The van der Waals surface area contributed by atoms with Gasteiger partial charge >= 0.3 is 0 Å². The Morgan fingerprint density at radius 2 is 2.20 bits per heavy atom. The lowest BCUT2D eigenvalue weighted by atomic mass is 9.88. The van der Waals surface area contributed by atoms with Crippen LogP contribution in [0.1, 0.15) is 39.0 Å². The number of hydrogen-bond acceptors (Lipinski definition) is 3. The van der Waals surface area contributed by atoms with Crippen molar-refractivity contribution in [1.29, 1.82) is 0 Å². The van der Waals surface area contributed by atoms with Gasteiger partial charge < -0.3 is 15.8 Å². The molecule has 1 saturated carbocycles. The Morgan fingerprint density at radius 3 is 2.90 bits per heavy atom. The Labute approximate surface area is 120 Å². The van der Waals surface area contributed by atoms with E-state index < -0.39 is 5.54 Å². The number of rotatable bonds is 4. The van der Waals surface area contributed by atoms with Gasteiger partial charge in [-0.25, -0.2) is 0 Å². The second-order valence-electron chi connectivity index (χ2n) is 5.84. The second kappa shape index (κ2) is 6.16. The first-order valence-electron chi connectivity index (χ1n) is 7.28. The third-order valence-corrected chi connectivity index (χ3v) is 4.29. The SMILES string of the molecule is COc1cccc(NC2(C(N)=O)CCCC(C)CC2)c1. The van der Waals surface area contributed by atoms with Gasteiger partial charge in [0.15, 0.2) is 0 Å². The van der Waals surface area contributed by atoms with Crippen molar-refractivity contribution in [1.82, 2.24) is 0 Å². The van der Waals surface area contributed by atoms with Crippen LogP contribution in [-0.2, 0) is 4.79 Å². The summed E-state index contributed by atoms with van der Waals surface area (Å²) >= 11 is 0. The van der Waals surface area contributed by atoms with E-state index in [-0.39, 0.29) is 5.91 Å². The minimum absolute atomic E-state index is 0.255. The number of amides is 1. The van der Waals surface area contributed by atoms with Gasteiger partial charge in [0.1, 0.15) is 11.3 Å². The number of benzene rings is 1. The molecule has 2 atom stereocenters. The third kappa shape index (κ3) is 3.24. The van der Waals surface area contributed by atoms with E-state index in [1.165, 1.54) is 0 Å². The molecular formula is C16H24N2O2. The van der Waals surface area contributed by atoms with Crippen molar-refractivity contribution in [2.45, 2.75) is 44.6 Å². The molecule has 1 aromatic rings. The minimum Gasteiger partial charge on any atom is -0.497 e. The number of methoxy groups -OCH3 is 1. The molecule has 0 aliphatic heterocycles. The maximum atomic E-state index is 12.0. The Kier molecular flexibility index (Phi) is 4.53. The Balaban J connectivity index is 2.22. The summed E-state index contributed by atoms with van der Waals surface area (Å²) in [5.74, 6) is 1.18. The lowest BCUT2D eigenvalue weighted by Gasteiger charge is -2.32. The maximum absolute atomic E-state index is 12.0. The highest BCUT2D eigenvalue weighted by Crippen LogP contribution is 2.33. The lowest BCUT2D eigenvalue weighted by Crippen LogP contribution is -2.50. The molecule has 2 unspecified atom stereocenters. The monoisotopic (exact) mass is 276 g/mol. The van der Waals surface area contributed by atoms with Crippen LogP contribution in [-0.4, -0.2) is 18.6 Å². The van der Waals surface area contributed by atoms with Crippen LogP contribution in [0.3, 0.4) is 0 Å². The summed E-state index contributed by atoms with van der Waals surface area (Å²) in [6, 6.07) is 7.65. The summed E-state index contributed by atoms with van der Waals surface area (Å²) in [5.41, 5.74) is 5.96. The van der Waals surface area contributed by atoms with Crippen molar-refractivity contribution in [2.24, 2.45) is 11.7 Å². The van der Waals surface area contributed by atoms with Crippen molar-refractivity contribution >= 4 is 11.6 Å². The quantitative estimate of drug-likeness (QED) is 0.831. The number of primary amides is 1. The predicted octanol–water partition coefficient (Wildman–Crippen LogP) is 2.93. The normalized spacial score (nSPS) is 26.6. The van der Waals surface area contributed by atoms with Crippen LogP contribution in [0.5, 0.6) is 5.75 Å². The molecule has 4 heteroatoms. The first-order valence-corrected chi connectivity index (χ1v) is 7.28. The number of hydrogen-bond donors (Lipinski definition) is 2. The number of ether oxygens (including phenoxy) is 1. The topological polar surface area (TPSA) is 64.3 Å². The molecular weight excluding hydrogens is 252 g/mol. The second-order valence-corrected chi connectivity index (χ2v) is 5.84. The van der Waals surface area contributed by atoms with Crippen molar-refractivity contribution < 1.29 is 9.53 Å². The summed E-state index contributed by atoms with van der Waals surface area (Å²) < 4.78 is 5.22. The Hall–Kier alpha value is -1.71. The molecule has 3 N–H and O–H groups in total. The fourth-order valence-corrected chi connectivity index (χ4v) is 2.92. The predicted molar refractivity (Wildman–Crippen MR) is 80.8 cm³/mol. The highest BCUT2D eigenvalue weighted by atomic mass is 16.5. The highest BCUT2D eigenvalue weighted by molar-refractivity contribution is 5.88. The van der Waals surface area contributed by atoms with Crippen LogP contribution in [0, 0.1) is 5.92 Å². The van der Waals surface area contributed by atoms with Gasteiger partial charge in [-0.15, -0.1) is 0 Å². The van der Waals surface area contributed by atoms with Gasteiger partial charge in [-0.2, -0.15) is 0 Å². The Bertz CT molecular complexity index is 475. The van der Waals surface area contributed by atoms with Crippen LogP contribution in [0.15, 0.2) is 24.3 Å². The van der Waals surface area contributed by atoms with E-state index in [1.807, 2.05) is 24.3 Å². The molecule has 0 heterocycles. The number of carbonyl (C=O) groups is 1. The van der Waals surface area contributed by atoms with Crippen LogP contribution in [0.4, 0.5) is 5.69 Å². The van der Waals surface area contributed by atoms with Crippen LogP contribution < -0.4 is 15.8 Å². The fourth-order valence-electron chi connectivity index (χ4n) is 2.92. The van der Waals surface area contributed by atoms with Gasteiger partial charge in [0.25, 0.3) is 0 Å². The van der Waals surface area contributed by atoms with Gasteiger partial charge in [-0.3, -0.25) is 4.79 Å². The molecule has 2 rings (SSSR count). The molecule has 0 bridgehead atoms. The zero-order chi connectivity index (χ0) is 14.6. The molecule has 1 aliphatic rings. The summed E-state index contributed by atoms with van der Waals surface area (Å²) in [5, 5.41) is 3.37. The van der Waals surface area contributed by atoms with Crippen molar-refractivity contribution in [3.8, 4) is 5.75 Å². The highest BCUT2D eigenvalue weighted by Gasteiger charge is 2.37. The number of carbonyl (C=O) groups excluding carboxylic acids is 1. The molecule has 0 aromatic heterocycles. The summed E-state index contributed by atoms with van der Waals surface area (Å²) in [6.45, 7) is 2.24. The van der Waals surface area contributed by atoms with E-state index in [4.69, 9.17) is 10.5 Å². The van der Waals surface area contributed by atoms with Gasteiger partial charge in [0, 0.05) is 11.8 Å². The zero-order valence-corrected chi connectivity index (χ0v) is 12.3. The van der Waals surface area contributed by atoms with Crippen molar-refractivity contribution in [3.63, 3.8) is 0 Å². The molecule has 1 fully saturated rings. The van der Waals surface area contributed by atoms with Crippen molar-refractivity contribution in [3.05, 3.63) is 24.3 Å². The van der Waals surface area contributed by atoms with Gasteiger partial charge in [0.2, 0.25) is 5.91 Å². The van der Waals surface area contributed by atoms with E-state index in [1.54, 1.807) is 7.11 Å². The molecule has 0 spiro atoms. The van der Waals surface area contributed by atoms with Crippen molar-refractivity contribution in [2.75, 3.05) is 12.4 Å². The average Bonchev–Trinajstić information content (AvgIpc) is 2.62. The molecule has 20 heavy (non-hydrogen) atoms. The molecule has 0 radical (unpaired) electrons. The summed E-state index contributed by atoms with van der Waals surface area (Å²) in [4.78, 5) is 12.0. The summed E-state index contributed by atoms with van der Waals surface area (Å²) in [6.07, 6.45) is 4.81. The zero-order valence-electron chi connectivity index (χ0n) is 12.3. The van der Waals surface area contributed by atoms with Gasteiger partial charge in [-0.1, -0.05) is 25.8 Å². The van der Waals surface area contributed by atoms with E-state index in [2.05, 4.69) is 12.2 Å². The molecule has 4 nitrogen and oxygen atoms in total. The molecule has 1 aliphatic carbocycles. The first-order chi connectivity index (χ1) is 9.55. The third-order valence-electron chi connectivity index (χ3n) is 4.29. The van der Waals surface area contributed by atoms with E-state index in [9.17, 15) is 4.79 Å². The van der Waals surface area contributed by atoms with Crippen LogP contribution in [0.25, 0.3) is 0 Å². The summed E-state index contributed by atoms with van der Waals surface area (Å²) in [7, 11) is 1.64. The van der Waals surface area contributed by atoms with E-state index >= 15 is 0 Å². The first kappa shape index (κ1) is 14.7.